The normalized spacial score (nSPS) is 20.0. The number of H-pyrrole nitrogens is 1. The van der Waals surface area contributed by atoms with Crippen molar-refractivity contribution in [3.8, 4) is 22.6 Å². The lowest BCUT2D eigenvalue weighted by atomic mass is 9.84. The third-order valence-corrected chi connectivity index (χ3v) is 8.30. The molecule has 0 radical (unpaired) electrons. The molecule has 196 valence electrons. The predicted octanol–water partition coefficient (Wildman–Crippen LogP) is 4.93. The van der Waals surface area contributed by atoms with Crippen LogP contribution in [-0.2, 0) is 0 Å². The lowest BCUT2D eigenvalue weighted by Crippen LogP contribution is -2.58. The average Bonchev–Trinajstić information content (AvgIpc) is 3.33. The lowest BCUT2D eigenvalue weighted by molar-refractivity contribution is 0.0142. The van der Waals surface area contributed by atoms with E-state index in [2.05, 4.69) is 32.2 Å². The summed E-state index contributed by atoms with van der Waals surface area (Å²) in [5.41, 5.74) is 4.28. The quantitative estimate of drug-likeness (QED) is 0.407. The number of hydrogen-bond donors (Lipinski definition) is 1. The fourth-order valence-corrected chi connectivity index (χ4v) is 5.85. The number of carbonyl (C=O) groups excluding carboxylic acids is 1. The molecule has 9 heteroatoms. The van der Waals surface area contributed by atoms with Gasteiger partial charge in [-0.05, 0) is 43.7 Å². The second kappa shape index (κ2) is 9.78. The minimum absolute atomic E-state index is 0.195. The van der Waals surface area contributed by atoms with Crippen LogP contribution in [0.3, 0.4) is 0 Å². The molecule has 0 spiro atoms. The van der Waals surface area contributed by atoms with E-state index in [1.165, 1.54) is 54.4 Å². The van der Waals surface area contributed by atoms with Gasteiger partial charge in [-0.15, -0.1) is 0 Å². The zero-order valence-electron chi connectivity index (χ0n) is 21.7. The number of rotatable bonds is 5. The number of nitrogens with one attached hydrogen (secondary N) is 1. The summed E-state index contributed by atoms with van der Waals surface area (Å²) in [5.74, 6) is 0.0836. The molecule has 0 bridgehead atoms. The maximum absolute atomic E-state index is 13.8. The second-order valence-electron chi connectivity index (χ2n) is 10.6. The molecule has 1 N–H and O–H groups in total. The number of benzene rings is 1. The van der Waals surface area contributed by atoms with Gasteiger partial charge in [0, 0.05) is 37.0 Å². The number of hydrogen-bond acceptors (Lipinski definition) is 5. The number of nitrogens with zero attached hydrogens (tertiary/aromatic N) is 5. The maximum atomic E-state index is 13.8. The van der Waals surface area contributed by atoms with E-state index >= 15 is 0 Å². The summed E-state index contributed by atoms with van der Waals surface area (Å²) in [5, 5.41) is 4.53. The molecule has 1 aliphatic carbocycles. The van der Waals surface area contributed by atoms with Crippen molar-refractivity contribution in [1.29, 1.82) is 0 Å². The summed E-state index contributed by atoms with van der Waals surface area (Å²) in [6, 6.07) is 9.59. The number of aromatic amines is 1. The number of fused-ring (bicyclic) bond motifs is 1. The molecule has 4 heterocycles. The van der Waals surface area contributed by atoms with Crippen molar-refractivity contribution in [1.82, 2.24) is 29.5 Å². The number of halogens is 1. The number of aryl methyl sites for hydroxylation is 1. The van der Waals surface area contributed by atoms with Crippen molar-refractivity contribution in [3.63, 3.8) is 0 Å². The first kappa shape index (κ1) is 24.5. The van der Waals surface area contributed by atoms with Crippen LogP contribution in [0.4, 0.5) is 4.39 Å². The molecule has 0 unspecified atom stereocenters. The van der Waals surface area contributed by atoms with Gasteiger partial charge in [0.15, 0.2) is 5.65 Å². The zero-order valence-corrected chi connectivity index (χ0v) is 21.7. The molecular weight excluding hydrogens is 483 g/mol. The van der Waals surface area contributed by atoms with Crippen molar-refractivity contribution in [2.45, 2.75) is 57.9 Å². The van der Waals surface area contributed by atoms with Gasteiger partial charge in [0.05, 0.1) is 18.1 Å². The van der Waals surface area contributed by atoms with Crippen LogP contribution in [0.2, 0.25) is 0 Å². The topological polar surface area (TPSA) is 96.2 Å². The first-order valence-electron chi connectivity index (χ1n) is 13.4. The van der Waals surface area contributed by atoms with Crippen LogP contribution < -0.4 is 5.56 Å². The van der Waals surface area contributed by atoms with Gasteiger partial charge in [0.2, 0.25) is 0 Å². The Morgan fingerprint density at radius 2 is 1.82 bits per heavy atom. The smallest absolute Gasteiger partial charge is 0.274 e. The Bertz CT molecular complexity index is 1550. The van der Waals surface area contributed by atoms with E-state index in [-0.39, 0.29) is 34.7 Å². The van der Waals surface area contributed by atoms with E-state index in [4.69, 9.17) is 0 Å². The number of likely N-dealkylation sites (tertiary alicyclic amines) is 1. The lowest BCUT2D eigenvalue weighted by Gasteiger charge is -2.45. The molecule has 38 heavy (non-hydrogen) atoms. The van der Waals surface area contributed by atoms with Crippen LogP contribution in [0.1, 0.15) is 66.6 Å². The first-order chi connectivity index (χ1) is 18.5. The second-order valence-corrected chi connectivity index (χ2v) is 10.6. The highest BCUT2D eigenvalue weighted by molar-refractivity contribution is 6.06. The van der Waals surface area contributed by atoms with E-state index in [1.54, 1.807) is 18.0 Å². The SMILES string of the molecule is Cc1nccnc1-c1nn2c(=O)cc(-c3ccc(C4CCCCC4)cc3)[nH]c2c1C(=O)N1C[C@H](CF)[C@@H]1C. The minimum Gasteiger partial charge on any atom is -0.339 e. The molecule has 1 saturated carbocycles. The number of carbonyl (C=O) groups is 1. The Morgan fingerprint density at radius 3 is 2.50 bits per heavy atom. The van der Waals surface area contributed by atoms with Gasteiger partial charge >= 0.3 is 0 Å². The molecule has 2 fully saturated rings. The summed E-state index contributed by atoms with van der Waals surface area (Å²) in [6.07, 6.45) is 9.38. The van der Waals surface area contributed by atoms with Crippen LogP contribution in [-0.4, -0.2) is 54.6 Å². The maximum Gasteiger partial charge on any atom is 0.274 e. The molecule has 2 atom stereocenters. The largest absolute Gasteiger partial charge is 0.339 e. The summed E-state index contributed by atoms with van der Waals surface area (Å²) >= 11 is 0. The van der Waals surface area contributed by atoms with Gasteiger partial charge in [-0.3, -0.25) is 23.9 Å². The van der Waals surface area contributed by atoms with E-state index < -0.39 is 6.67 Å². The monoisotopic (exact) mass is 514 g/mol. The summed E-state index contributed by atoms with van der Waals surface area (Å²) in [4.78, 5) is 40.8. The summed E-state index contributed by atoms with van der Waals surface area (Å²) in [6.45, 7) is 3.46. The van der Waals surface area contributed by atoms with Crippen LogP contribution >= 0.6 is 0 Å². The molecule has 6 rings (SSSR count). The Balaban J connectivity index is 1.46. The van der Waals surface area contributed by atoms with Crippen molar-refractivity contribution in [2.75, 3.05) is 13.2 Å². The number of aromatic nitrogens is 5. The van der Waals surface area contributed by atoms with E-state index in [0.29, 0.717) is 35.2 Å². The first-order valence-corrected chi connectivity index (χ1v) is 13.4. The highest BCUT2D eigenvalue weighted by Crippen LogP contribution is 2.35. The Kier molecular flexibility index (Phi) is 6.29. The third-order valence-electron chi connectivity index (χ3n) is 8.30. The Morgan fingerprint density at radius 1 is 1.08 bits per heavy atom. The number of alkyl halides is 1. The molecule has 1 aromatic carbocycles. The molecule has 2 aliphatic rings. The Labute approximate surface area is 219 Å². The van der Waals surface area contributed by atoms with Crippen LogP contribution in [0.25, 0.3) is 28.3 Å². The van der Waals surface area contributed by atoms with Gasteiger partial charge in [0.25, 0.3) is 11.5 Å². The number of amides is 1. The third kappa shape index (κ3) is 4.10. The summed E-state index contributed by atoms with van der Waals surface area (Å²) in [7, 11) is 0. The van der Waals surface area contributed by atoms with Gasteiger partial charge < -0.3 is 9.88 Å². The fraction of sp³-hybridized carbons (Fsp3) is 0.414. The van der Waals surface area contributed by atoms with Crippen LogP contribution in [0, 0.1) is 12.8 Å². The van der Waals surface area contributed by atoms with Crippen molar-refractivity contribution >= 4 is 11.6 Å². The molecular formula is C29H31FN6O2. The molecule has 4 aromatic rings. The van der Waals surface area contributed by atoms with Crippen LogP contribution in [0.15, 0.2) is 47.5 Å². The minimum atomic E-state index is -0.479. The van der Waals surface area contributed by atoms with Crippen molar-refractivity contribution < 1.29 is 9.18 Å². The van der Waals surface area contributed by atoms with Gasteiger partial charge in [-0.1, -0.05) is 43.5 Å². The van der Waals surface area contributed by atoms with Crippen LogP contribution in [0.5, 0.6) is 0 Å². The van der Waals surface area contributed by atoms with Gasteiger partial charge in [-0.25, -0.2) is 0 Å². The van der Waals surface area contributed by atoms with Crippen molar-refractivity contribution in [2.24, 2.45) is 5.92 Å². The van der Waals surface area contributed by atoms with E-state index in [0.717, 1.165) is 5.56 Å². The molecule has 1 aliphatic heterocycles. The highest BCUT2D eigenvalue weighted by atomic mass is 19.1. The highest BCUT2D eigenvalue weighted by Gasteiger charge is 2.41. The standard InChI is InChI=1S/C29H31FN6O2/c1-17-26(32-13-12-31-17)27-25(29(38)35-16-22(15-30)18(35)2)28-33-23(14-24(37)36(28)34-27)21-10-8-20(9-11-21)19-6-4-3-5-7-19/h8-14,18-19,22,33H,3-7,15-16H2,1-2H3/t18-,22-/m0/s1. The van der Waals surface area contributed by atoms with E-state index in [9.17, 15) is 14.0 Å². The zero-order chi connectivity index (χ0) is 26.4. The molecule has 1 amide bonds. The molecule has 8 nitrogen and oxygen atoms in total. The Hall–Kier alpha value is -3.88. The average molecular weight is 515 g/mol. The fourth-order valence-electron chi connectivity index (χ4n) is 5.85. The molecule has 3 aromatic heterocycles. The van der Waals surface area contributed by atoms with E-state index in [1.807, 2.05) is 19.1 Å². The van der Waals surface area contributed by atoms with Gasteiger partial charge in [-0.2, -0.15) is 9.61 Å². The predicted molar refractivity (Wildman–Crippen MR) is 143 cm³/mol. The van der Waals surface area contributed by atoms with Crippen molar-refractivity contribution in [3.05, 3.63) is 69.9 Å². The van der Waals surface area contributed by atoms with Gasteiger partial charge in [0.1, 0.15) is 17.0 Å². The summed E-state index contributed by atoms with van der Waals surface area (Å²) < 4.78 is 14.6. The molecule has 1 saturated heterocycles.